The van der Waals surface area contributed by atoms with E-state index in [0.717, 1.165) is 16.2 Å². The lowest BCUT2D eigenvalue weighted by Gasteiger charge is -1.98. The molecular formula is C10H7N2OS. The fraction of sp³-hybridized carbons (Fsp3) is 0.100. The van der Waals surface area contributed by atoms with Gasteiger partial charge in [-0.25, -0.2) is 4.98 Å². The lowest BCUT2D eigenvalue weighted by molar-refractivity contribution is 0.415. The van der Waals surface area contributed by atoms with Crippen molar-refractivity contribution in [1.82, 2.24) is 9.38 Å². The molecular weight excluding hydrogens is 196 g/mol. The van der Waals surface area contributed by atoms with Gasteiger partial charge in [0.15, 0.2) is 4.96 Å². The fourth-order valence-electron chi connectivity index (χ4n) is 1.49. The van der Waals surface area contributed by atoms with Crippen molar-refractivity contribution in [2.45, 2.75) is 0 Å². The Hall–Kier alpha value is -1.55. The monoisotopic (exact) mass is 203 g/mol. The third-order valence-electron chi connectivity index (χ3n) is 2.18. The summed E-state index contributed by atoms with van der Waals surface area (Å²) in [5.41, 5.74) is 1.12. The molecule has 1 radical (unpaired) electrons. The topological polar surface area (TPSA) is 26.5 Å². The smallest absolute Gasteiger partial charge is 0.195 e. The van der Waals surface area contributed by atoms with Crippen LogP contribution in [0.5, 0.6) is 5.75 Å². The molecule has 0 spiro atoms. The van der Waals surface area contributed by atoms with Gasteiger partial charge >= 0.3 is 0 Å². The van der Waals surface area contributed by atoms with Crippen LogP contribution in [0, 0.1) is 6.20 Å². The molecule has 0 aliphatic rings. The van der Waals surface area contributed by atoms with Crippen molar-refractivity contribution >= 4 is 26.5 Å². The zero-order valence-corrected chi connectivity index (χ0v) is 8.34. The van der Waals surface area contributed by atoms with Crippen LogP contribution in [0.3, 0.4) is 0 Å². The van der Waals surface area contributed by atoms with Crippen molar-refractivity contribution in [3.63, 3.8) is 0 Å². The Morgan fingerprint density at radius 2 is 2.43 bits per heavy atom. The number of ether oxygens (including phenoxy) is 1. The van der Waals surface area contributed by atoms with Crippen molar-refractivity contribution in [2.24, 2.45) is 0 Å². The first-order valence-corrected chi connectivity index (χ1v) is 5.02. The molecule has 0 bridgehead atoms. The highest BCUT2D eigenvalue weighted by Crippen LogP contribution is 2.28. The second kappa shape index (κ2) is 2.72. The molecule has 3 aromatic rings. The maximum atomic E-state index is 5.18. The average Bonchev–Trinajstić information content (AvgIpc) is 2.76. The number of benzene rings is 1. The van der Waals surface area contributed by atoms with E-state index in [1.165, 1.54) is 4.70 Å². The Morgan fingerprint density at radius 1 is 1.50 bits per heavy atom. The number of fused-ring (bicyclic) bond motifs is 3. The molecule has 0 amide bonds. The summed E-state index contributed by atoms with van der Waals surface area (Å²) in [5, 5.41) is 0. The summed E-state index contributed by atoms with van der Waals surface area (Å²) in [6, 6.07) is 6.02. The molecule has 0 aliphatic heterocycles. The van der Waals surface area contributed by atoms with Crippen molar-refractivity contribution in [3.05, 3.63) is 30.6 Å². The van der Waals surface area contributed by atoms with Gasteiger partial charge in [0.1, 0.15) is 11.9 Å². The number of methoxy groups -OCH3 is 1. The summed E-state index contributed by atoms with van der Waals surface area (Å²) < 4.78 is 8.40. The maximum absolute atomic E-state index is 5.18. The molecule has 0 aliphatic carbocycles. The quantitative estimate of drug-likeness (QED) is 0.607. The van der Waals surface area contributed by atoms with Crippen LogP contribution in [-0.4, -0.2) is 16.5 Å². The van der Waals surface area contributed by atoms with Crippen LogP contribution in [0.15, 0.2) is 24.4 Å². The molecule has 3 nitrogen and oxygen atoms in total. The van der Waals surface area contributed by atoms with Gasteiger partial charge in [0.25, 0.3) is 0 Å². The summed E-state index contributed by atoms with van der Waals surface area (Å²) in [6.07, 6.45) is 4.67. The van der Waals surface area contributed by atoms with Gasteiger partial charge < -0.3 is 4.74 Å². The van der Waals surface area contributed by atoms with E-state index >= 15 is 0 Å². The minimum Gasteiger partial charge on any atom is -0.497 e. The van der Waals surface area contributed by atoms with E-state index in [0.29, 0.717) is 0 Å². The Bertz CT molecular complexity index is 596. The number of imidazole rings is 1. The highest BCUT2D eigenvalue weighted by Gasteiger charge is 2.05. The molecule has 1 aromatic carbocycles. The van der Waals surface area contributed by atoms with Gasteiger partial charge in [-0.1, -0.05) is 11.3 Å². The number of rotatable bonds is 1. The molecule has 2 heterocycles. The number of nitrogens with zero attached hydrogens (tertiary/aromatic N) is 2. The molecule has 69 valence electrons. The standard InChI is InChI=1S/C10H7N2OS/c1-13-7-2-3-9-8(6-7)12-5-4-11-10(12)14-9/h2-3,5-6H,1H3. The third-order valence-corrected chi connectivity index (χ3v) is 3.22. The van der Waals surface area contributed by atoms with Gasteiger partial charge in [-0.3, -0.25) is 4.40 Å². The third kappa shape index (κ3) is 0.943. The van der Waals surface area contributed by atoms with Crippen molar-refractivity contribution in [1.29, 1.82) is 0 Å². The SMILES string of the molecule is COc1ccc2sc3n[c]cn3c2c1. The number of thiazole rings is 1. The normalized spacial score (nSPS) is 11.2. The predicted molar refractivity (Wildman–Crippen MR) is 56.0 cm³/mol. The zero-order chi connectivity index (χ0) is 9.54. The van der Waals surface area contributed by atoms with Crippen LogP contribution in [-0.2, 0) is 0 Å². The van der Waals surface area contributed by atoms with Crippen LogP contribution >= 0.6 is 11.3 Å². The van der Waals surface area contributed by atoms with Crippen molar-refractivity contribution in [3.8, 4) is 5.75 Å². The molecule has 14 heavy (non-hydrogen) atoms. The van der Waals surface area contributed by atoms with Gasteiger partial charge in [-0.05, 0) is 12.1 Å². The highest BCUT2D eigenvalue weighted by atomic mass is 32.1. The Kier molecular flexibility index (Phi) is 1.52. The van der Waals surface area contributed by atoms with Crippen LogP contribution in [0.4, 0.5) is 0 Å². The summed E-state index contributed by atoms with van der Waals surface area (Å²) in [4.78, 5) is 5.09. The van der Waals surface area contributed by atoms with E-state index in [4.69, 9.17) is 4.74 Å². The molecule has 0 N–H and O–H groups in total. The molecule has 0 saturated heterocycles. The molecule has 0 fully saturated rings. The zero-order valence-electron chi connectivity index (χ0n) is 7.52. The van der Waals surface area contributed by atoms with E-state index in [2.05, 4.69) is 11.2 Å². The van der Waals surface area contributed by atoms with E-state index in [1.807, 2.05) is 28.8 Å². The van der Waals surface area contributed by atoms with Gasteiger partial charge in [-0.2, -0.15) is 0 Å². The summed E-state index contributed by atoms with van der Waals surface area (Å²) in [7, 11) is 1.67. The van der Waals surface area contributed by atoms with Crippen molar-refractivity contribution in [2.75, 3.05) is 7.11 Å². The minimum atomic E-state index is 0.867. The average molecular weight is 203 g/mol. The van der Waals surface area contributed by atoms with Gasteiger partial charge in [0.05, 0.1) is 17.3 Å². The first-order valence-electron chi connectivity index (χ1n) is 4.20. The molecule has 3 rings (SSSR count). The Balaban J connectivity index is 2.46. The number of aromatic nitrogens is 2. The van der Waals surface area contributed by atoms with Gasteiger partial charge in [-0.15, -0.1) is 0 Å². The second-order valence-corrected chi connectivity index (χ2v) is 3.97. The molecule has 0 unspecified atom stereocenters. The van der Waals surface area contributed by atoms with Crippen LogP contribution in [0.25, 0.3) is 15.2 Å². The molecule has 4 heteroatoms. The van der Waals surface area contributed by atoms with E-state index in [1.54, 1.807) is 18.4 Å². The summed E-state index contributed by atoms with van der Waals surface area (Å²) >= 11 is 1.65. The van der Waals surface area contributed by atoms with E-state index in [-0.39, 0.29) is 0 Å². The predicted octanol–water partition coefficient (Wildman–Crippen LogP) is 2.36. The van der Waals surface area contributed by atoms with Crippen LogP contribution in [0.2, 0.25) is 0 Å². The highest BCUT2D eigenvalue weighted by molar-refractivity contribution is 7.23. The lowest BCUT2D eigenvalue weighted by atomic mass is 10.3. The van der Waals surface area contributed by atoms with Gasteiger partial charge in [0, 0.05) is 12.3 Å². The van der Waals surface area contributed by atoms with Crippen LogP contribution in [0.1, 0.15) is 0 Å². The minimum absolute atomic E-state index is 0.867. The second-order valence-electron chi connectivity index (χ2n) is 2.96. The molecule has 0 atom stereocenters. The maximum Gasteiger partial charge on any atom is 0.195 e. The van der Waals surface area contributed by atoms with E-state index in [9.17, 15) is 0 Å². The largest absolute Gasteiger partial charge is 0.497 e. The fourth-order valence-corrected chi connectivity index (χ4v) is 2.43. The van der Waals surface area contributed by atoms with Crippen LogP contribution < -0.4 is 4.74 Å². The summed E-state index contributed by atoms with van der Waals surface area (Å²) in [6.45, 7) is 0. The Morgan fingerprint density at radius 3 is 3.29 bits per heavy atom. The lowest BCUT2D eigenvalue weighted by Crippen LogP contribution is -1.82. The van der Waals surface area contributed by atoms with E-state index < -0.39 is 0 Å². The molecule has 2 aromatic heterocycles. The Labute approximate surface area is 84.6 Å². The van der Waals surface area contributed by atoms with Crippen molar-refractivity contribution < 1.29 is 4.74 Å². The number of hydrogen-bond acceptors (Lipinski definition) is 3. The first kappa shape index (κ1) is 7.82. The first-order chi connectivity index (χ1) is 6.88. The number of hydrogen-bond donors (Lipinski definition) is 0. The molecule has 0 saturated carbocycles. The summed E-state index contributed by atoms with van der Waals surface area (Å²) in [5.74, 6) is 0.867. The van der Waals surface area contributed by atoms with Gasteiger partial charge in [0.2, 0.25) is 0 Å².